The van der Waals surface area contributed by atoms with Crippen LogP contribution in [0.2, 0.25) is 0 Å². The van der Waals surface area contributed by atoms with Gasteiger partial charge in [0.05, 0.1) is 28.4 Å². The quantitative estimate of drug-likeness (QED) is 0.305. The number of hydrogen-bond acceptors (Lipinski definition) is 5. The number of nitrogens with one attached hydrogen (secondary N) is 2. The van der Waals surface area contributed by atoms with Crippen molar-refractivity contribution in [3.05, 3.63) is 77.9 Å². The van der Waals surface area contributed by atoms with Crippen molar-refractivity contribution in [3.8, 4) is 17.2 Å². The van der Waals surface area contributed by atoms with Crippen molar-refractivity contribution in [1.82, 2.24) is 0 Å². The molecule has 0 radical (unpaired) electrons. The van der Waals surface area contributed by atoms with Crippen LogP contribution >= 0.6 is 12.2 Å². The zero-order valence-electron chi connectivity index (χ0n) is 23.1. The molecule has 7 nitrogen and oxygen atoms in total. The number of alkyl halides is 3. The molecule has 0 unspecified atom stereocenters. The summed E-state index contributed by atoms with van der Waals surface area (Å²) in [6, 6.07) is 19.5. The van der Waals surface area contributed by atoms with Crippen molar-refractivity contribution in [2.45, 2.75) is 51.9 Å². The number of rotatable bonds is 4. The Hall–Kier alpha value is -4.43. The van der Waals surface area contributed by atoms with E-state index in [1.165, 1.54) is 11.0 Å². The Bertz CT molecular complexity index is 1550. The van der Waals surface area contributed by atoms with Gasteiger partial charge in [0.25, 0.3) is 0 Å². The molecule has 0 bridgehead atoms. The first-order valence-electron chi connectivity index (χ1n) is 12.6. The standard InChI is InChI=1S/C30H28F3N5O2S/c1-28(2,3)40-26(39)36-21-11-6-18(7-12-21)19-8-13-22(14-9-19)38-27(41)37(25(35)29(38,4)5)23-15-10-20(17-34)24(16-23)30(31,32)33/h6-16,35H,1-5H3,(H,36,39). The van der Waals surface area contributed by atoms with Gasteiger partial charge in [-0.05, 0) is 100 Å². The van der Waals surface area contributed by atoms with Crippen LogP contribution in [0.1, 0.15) is 45.7 Å². The maximum absolute atomic E-state index is 13.6. The van der Waals surface area contributed by atoms with E-state index in [9.17, 15) is 18.0 Å². The first-order chi connectivity index (χ1) is 19.0. The number of nitrogens with zero attached hydrogens (tertiary/aromatic N) is 3. The highest BCUT2D eigenvalue weighted by molar-refractivity contribution is 7.81. The average Bonchev–Trinajstić information content (AvgIpc) is 3.05. The van der Waals surface area contributed by atoms with Gasteiger partial charge < -0.3 is 9.64 Å². The van der Waals surface area contributed by atoms with Crippen molar-refractivity contribution in [3.63, 3.8) is 0 Å². The van der Waals surface area contributed by atoms with Crippen LogP contribution < -0.4 is 15.1 Å². The summed E-state index contributed by atoms with van der Waals surface area (Å²) in [5.41, 5.74) is -0.0994. The molecule has 4 rings (SSSR count). The molecule has 41 heavy (non-hydrogen) atoms. The Kier molecular flexibility index (Phi) is 7.58. The molecular formula is C30H28F3N5O2S. The lowest BCUT2D eigenvalue weighted by Crippen LogP contribution is -2.44. The molecule has 1 heterocycles. The first-order valence-corrected chi connectivity index (χ1v) is 13.0. The second-order valence-corrected chi connectivity index (χ2v) is 11.3. The lowest BCUT2D eigenvalue weighted by molar-refractivity contribution is -0.137. The number of carbonyl (C=O) groups excluding carboxylic acids is 1. The third-order valence-corrected chi connectivity index (χ3v) is 6.79. The van der Waals surface area contributed by atoms with E-state index in [1.54, 1.807) is 57.7 Å². The smallest absolute Gasteiger partial charge is 0.417 e. The summed E-state index contributed by atoms with van der Waals surface area (Å²) in [5, 5.41) is 20.8. The number of amidine groups is 1. The van der Waals surface area contributed by atoms with E-state index in [0.717, 1.165) is 23.3 Å². The zero-order valence-corrected chi connectivity index (χ0v) is 23.9. The number of hydrogen-bond donors (Lipinski definition) is 2. The fourth-order valence-corrected chi connectivity index (χ4v) is 4.99. The van der Waals surface area contributed by atoms with E-state index < -0.39 is 34.5 Å². The van der Waals surface area contributed by atoms with E-state index in [0.29, 0.717) is 11.4 Å². The Labute approximate surface area is 241 Å². The number of halogens is 3. The number of carbonyl (C=O) groups is 1. The third-order valence-electron chi connectivity index (χ3n) is 6.42. The van der Waals surface area contributed by atoms with Crippen LogP contribution in [0.5, 0.6) is 0 Å². The van der Waals surface area contributed by atoms with Gasteiger partial charge in [0.1, 0.15) is 11.4 Å². The molecule has 11 heteroatoms. The minimum Gasteiger partial charge on any atom is -0.444 e. The fourth-order valence-electron chi connectivity index (χ4n) is 4.46. The highest BCUT2D eigenvalue weighted by atomic mass is 32.1. The molecule has 0 aliphatic carbocycles. The predicted octanol–water partition coefficient (Wildman–Crippen LogP) is 7.96. The molecule has 1 aliphatic rings. The first kappa shape index (κ1) is 29.6. The molecule has 3 aromatic carbocycles. The van der Waals surface area contributed by atoms with E-state index in [4.69, 9.17) is 27.6 Å². The van der Waals surface area contributed by atoms with Gasteiger partial charge in [-0.25, -0.2) is 4.79 Å². The minimum atomic E-state index is -4.74. The lowest BCUT2D eigenvalue weighted by atomic mass is 10.0. The summed E-state index contributed by atoms with van der Waals surface area (Å²) in [5.74, 6) is -0.00233. The normalized spacial score (nSPS) is 15.1. The summed E-state index contributed by atoms with van der Waals surface area (Å²) >= 11 is 5.68. The molecule has 0 atom stereocenters. The number of thiocarbonyl (C=S) groups is 1. The largest absolute Gasteiger partial charge is 0.444 e. The van der Waals surface area contributed by atoms with Crippen molar-refractivity contribution in [1.29, 1.82) is 10.7 Å². The number of anilines is 3. The molecule has 0 spiro atoms. The minimum absolute atomic E-state index is 0.00233. The summed E-state index contributed by atoms with van der Waals surface area (Å²) in [6.07, 6.45) is -5.28. The van der Waals surface area contributed by atoms with Gasteiger partial charge >= 0.3 is 12.3 Å². The summed E-state index contributed by atoms with van der Waals surface area (Å²) in [4.78, 5) is 15.0. The SMILES string of the molecule is CC(C)(C)OC(=O)Nc1ccc(-c2ccc(N3C(=S)N(c4ccc(C#N)c(C(F)(F)F)c4)C(=N)C3(C)C)cc2)cc1. The van der Waals surface area contributed by atoms with Gasteiger partial charge in [-0.15, -0.1) is 0 Å². The van der Waals surface area contributed by atoms with Crippen molar-refractivity contribution in [2.75, 3.05) is 15.1 Å². The number of amides is 1. The fraction of sp³-hybridized carbons (Fsp3) is 0.267. The molecule has 0 saturated carbocycles. The Morgan fingerprint density at radius 1 is 0.976 bits per heavy atom. The van der Waals surface area contributed by atoms with E-state index in [1.807, 2.05) is 36.4 Å². The van der Waals surface area contributed by atoms with Crippen LogP contribution in [0.15, 0.2) is 66.7 Å². The second-order valence-electron chi connectivity index (χ2n) is 11.0. The molecule has 1 saturated heterocycles. The van der Waals surface area contributed by atoms with Crippen molar-refractivity contribution >= 4 is 46.3 Å². The highest BCUT2D eigenvalue weighted by Crippen LogP contribution is 2.40. The Balaban J connectivity index is 1.58. The number of benzene rings is 3. The van der Waals surface area contributed by atoms with Gasteiger partial charge in [-0.2, -0.15) is 18.4 Å². The summed E-state index contributed by atoms with van der Waals surface area (Å²) in [7, 11) is 0. The maximum Gasteiger partial charge on any atom is 0.417 e. The van der Waals surface area contributed by atoms with Gasteiger partial charge in [0.15, 0.2) is 5.11 Å². The van der Waals surface area contributed by atoms with Crippen molar-refractivity contribution in [2.24, 2.45) is 0 Å². The van der Waals surface area contributed by atoms with Crippen LogP contribution in [0.3, 0.4) is 0 Å². The molecule has 2 N–H and O–H groups in total. The predicted molar refractivity (Wildman–Crippen MR) is 157 cm³/mol. The van der Waals surface area contributed by atoms with E-state index >= 15 is 0 Å². The van der Waals surface area contributed by atoms with Crippen LogP contribution in [-0.4, -0.2) is 28.2 Å². The van der Waals surface area contributed by atoms with E-state index in [2.05, 4.69) is 5.32 Å². The Morgan fingerprint density at radius 2 is 1.51 bits per heavy atom. The van der Waals surface area contributed by atoms with Gasteiger partial charge in [-0.1, -0.05) is 24.3 Å². The summed E-state index contributed by atoms with van der Waals surface area (Å²) < 4.78 is 46.1. The monoisotopic (exact) mass is 579 g/mol. The van der Waals surface area contributed by atoms with Crippen LogP contribution in [-0.2, 0) is 10.9 Å². The molecule has 1 amide bonds. The van der Waals surface area contributed by atoms with Crippen LogP contribution in [0.25, 0.3) is 11.1 Å². The number of nitriles is 1. The van der Waals surface area contributed by atoms with E-state index in [-0.39, 0.29) is 16.6 Å². The van der Waals surface area contributed by atoms with Crippen molar-refractivity contribution < 1.29 is 22.7 Å². The molecule has 212 valence electrons. The maximum atomic E-state index is 13.6. The Morgan fingerprint density at radius 3 is 2.02 bits per heavy atom. The lowest BCUT2D eigenvalue weighted by Gasteiger charge is -2.30. The average molecular weight is 580 g/mol. The zero-order chi connectivity index (χ0) is 30.3. The molecule has 1 fully saturated rings. The highest BCUT2D eigenvalue weighted by Gasteiger charge is 2.48. The molecular weight excluding hydrogens is 551 g/mol. The van der Waals surface area contributed by atoms with Gasteiger partial charge in [-0.3, -0.25) is 15.6 Å². The van der Waals surface area contributed by atoms with Gasteiger partial charge in [0, 0.05) is 11.4 Å². The molecule has 1 aliphatic heterocycles. The topological polar surface area (TPSA) is 92.4 Å². The summed E-state index contributed by atoms with van der Waals surface area (Å²) in [6.45, 7) is 8.88. The third kappa shape index (κ3) is 6.02. The van der Waals surface area contributed by atoms with Crippen LogP contribution in [0, 0.1) is 16.7 Å². The van der Waals surface area contributed by atoms with Crippen LogP contribution in [0.4, 0.5) is 35.0 Å². The second kappa shape index (κ2) is 10.5. The molecule has 0 aromatic heterocycles. The number of ether oxygens (including phenoxy) is 1. The molecule has 3 aromatic rings. The van der Waals surface area contributed by atoms with Gasteiger partial charge in [0.2, 0.25) is 0 Å².